The lowest BCUT2D eigenvalue weighted by Crippen LogP contribution is -2.07. The summed E-state index contributed by atoms with van der Waals surface area (Å²) in [6.07, 6.45) is -4.34. The quantitative estimate of drug-likeness (QED) is 0.841. The Morgan fingerprint density at radius 3 is 2.52 bits per heavy atom. The van der Waals surface area contributed by atoms with E-state index >= 15 is 0 Å². The maximum atomic E-state index is 12.6. The fourth-order valence-electron chi connectivity index (χ4n) is 1.93. The number of hydrogen-bond donors (Lipinski definition) is 2. The molecule has 2 aromatic carbocycles. The zero-order chi connectivity index (χ0) is 15.5. The number of benzene rings is 2. The third-order valence-corrected chi connectivity index (χ3v) is 3.02. The summed E-state index contributed by atoms with van der Waals surface area (Å²) in [6.45, 7) is 0.237. The topological polar surface area (TPSA) is 47.3 Å². The molecule has 0 aromatic heterocycles. The Morgan fingerprint density at radius 2 is 1.86 bits per heavy atom. The monoisotopic (exact) mass is 296 g/mol. The highest BCUT2D eigenvalue weighted by Crippen LogP contribution is 2.31. The van der Waals surface area contributed by atoms with Crippen LogP contribution in [0.2, 0.25) is 0 Å². The smallest absolute Gasteiger partial charge is 0.416 e. The van der Waals surface area contributed by atoms with Gasteiger partial charge in [-0.05, 0) is 29.8 Å². The summed E-state index contributed by atoms with van der Waals surface area (Å²) in [6, 6.07) is 10.4. The minimum atomic E-state index is -4.34. The first kappa shape index (κ1) is 15.0. The Hall–Kier alpha value is -2.37. The molecule has 0 saturated carbocycles. The molecule has 2 rings (SSSR count). The first-order chi connectivity index (χ1) is 9.91. The molecular weight excluding hydrogens is 281 g/mol. The number of nitrogens with two attached hydrogens (primary N) is 1. The van der Waals surface area contributed by atoms with Crippen LogP contribution in [0.4, 0.5) is 24.5 Å². The van der Waals surface area contributed by atoms with Crippen molar-refractivity contribution in [1.29, 1.82) is 0 Å². The number of para-hydroxylation sites is 1. The lowest BCUT2D eigenvalue weighted by Gasteiger charge is -2.13. The molecule has 3 N–H and O–H groups in total. The van der Waals surface area contributed by atoms with Crippen molar-refractivity contribution in [3.63, 3.8) is 0 Å². The van der Waals surface area contributed by atoms with Crippen molar-refractivity contribution in [2.75, 3.05) is 18.2 Å². The number of methoxy groups -OCH3 is 1. The molecule has 0 unspecified atom stereocenters. The maximum absolute atomic E-state index is 12.6. The van der Waals surface area contributed by atoms with E-state index in [4.69, 9.17) is 10.5 Å². The molecule has 0 aliphatic heterocycles. The normalized spacial score (nSPS) is 11.2. The van der Waals surface area contributed by atoms with Crippen LogP contribution < -0.4 is 15.8 Å². The van der Waals surface area contributed by atoms with Gasteiger partial charge in [-0.3, -0.25) is 0 Å². The van der Waals surface area contributed by atoms with Gasteiger partial charge in [0.05, 0.1) is 24.0 Å². The molecule has 0 fully saturated rings. The van der Waals surface area contributed by atoms with Crippen molar-refractivity contribution >= 4 is 11.4 Å². The Bertz CT molecular complexity index is 627. The van der Waals surface area contributed by atoms with E-state index in [1.54, 1.807) is 24.3 Å². The Kier molecular flexibility index (Phi) is 4.26. The van der Waals surface area contributed by atoms with Gasteiger partial charge in [-0.15, -0.1) is 0 Å². The lowest BCUT2D eigenvalue weighted by molar-refractivity contribution is -0.137. The van der Waals surface area contributed by atoms with Crippen molar-refractivity contribution in [3.8, 4) is 5.75 Å². The lowest BCUT2D eigenvalue weighted by atomic mass is 10.1. The van der Waals surface area contributed by atoms with E-state index in [1.165, 1.54) is 13.2 Å². The van der Waals surface area contributed by atoms with Crippen molar-refractivity contribution in [1.82, 2.24) is 0 Å². The van der Waals surface area contributed by atoms with E-state index in [9.17, 15) is 13.2 Å². The zero-order valence-electron chi connectivity index (χ0n) is 11.4. The van der Waals surface area contributed by atoms with Crippen LogP contribution in [-0.4, -0.2) is 7.11 Å². The second-order valence-corrected chi connectivity index (χ2v) is 4.47. The first-order valence-corrected chi connectivity index (χ1v) is 6.24. The molecule has 0 bridgehead atoms. The van der Waals surface area contributed by atoms with Gasteiger partial charge in [-0.25, -0.2) is 0 Å². The maximum Gasteiger partial charge on any atom is 0.416 e. The van der Waals surface area contributed by atoms with Crippen LogP contribution in [-0.2, 0) is 12.7 Å². The molecule has 0 amide bonds. The number of anilines is 2. The van der Waals surface area contributed by atoms with Crippen molar-refractivity contribution in [2.24, 2.45) is 0 Å². The largest absolute Gasteiger partial charge is 0.495 e. The average molecular weight is 296 g/mol. The fourth-order valence-corrected chi connectivity index (χ4v) is 1.93. The Morgan fingerprint density at radius 1 is 1.14 bits per heavy atom. The third kappa shape index (κ3) is 3.59. The number of alkyl halides is 3. The predicted molar refractivity (Wildman–Crippen MR) is 76.2 cm³/mol. The van der Waals surface area contributed by atoms with E-state index in [-0.39, 0.29) is 6.54 Å². The van der Waals surface area contributed by atoms with Crippen molar-refractivity contribution in [2.45, 2.75) is 12.7 Å². The molecule has 0 radical (unpaired) electrons. The number of nitrogens with one attached hydrogen (secondary N) is 1. The second kappa shape index (κ2) is 5.95. The van der Waals surface area contributed by atoms with E-state index in [2.05, 4.69) is 5.32 Å². The molecular formula is C15H15F3N2O. The summed E-state index contributed by atoms with van der Waals surface area (Å²) in [4.78, 5) is 0. The molecule has 21 heavy (non-hydrogen) atoms. The first-order valence-electron chi connectivity index (χ1n) is 6.24. The van der Waals surface area contributed by atoms with Crippen LogP contribution in [0.15, 0.2) is 42.5 Å². The van der Waals surface area contributed by atoms with Gasteiger partial charge in [-0.2, -0.15) is 13.2 Å². The molecule has 6 heteroatoms. The van der Waals surface area contributed by atoms with Crippen LogP contribution in [0.3, 0.4) is 0 Å². The van der Waals surface area contributed by atoms with Crippen LogP contribution >= 0.6 is 0 Å². The van der Waals surface area contributed by atoms with Gasteiger partial charge in [-0.1, -0.05) is 18.2 Å². The Balaban J connectivity index is 2.14. The molecule has 112 valence electrons. The molecule has 0 aliphatic carbocycles. The summed E-state index contributed by atoms with van der Waals surface area (Å²) in [5.41, 5.74) is 6.78. The molecule has 2 aromatic rings. The minimum absolute atomic E-state index is 0.237. The highest BCUT2D eigenvalue weighted by atomic mass is 19.4. The highest BCUT2D eigenvalue weighted by Gasteiger charge is 2.30. The molecule has 0 spiro atoms. The van der Waals surface area contributed by atoms with Gasteiger partial charge in [0.25, 0.3) is 0 Å². The molecule has 0 atom stereocenters. The predicted octanol–water partition coefficient (Wildman–Crippen LogP) is 3.91. The highest BCUT2D eigenvalue weighted by molar-refractivity contribution is 5.72. The fraction of sp³-hybridized carbons (Fsp3) is 0.200. The molecule has 3 nitrogen and oxygen atoms in total. The number of ether oxygens (including phenoxy) is 1. The van der Waals surface area contributed by atoms with Gasteiger partial charge in [0, 0.05) is 6.54 Å². The summed E-state index contributed by atoms with van der Waals surface area (Å²) >= 11 is 0. The van der Waals surface area contributed by atoms with E-state index < -0.39 is 11.7 Å². The number of halogens is 3. The van der Waals surface area contributed by atoms with Crippen LogP contribution in [0.1, 0.15) is 11.1 Å². The molecule has 0 aliphatic rings. The van der Waals surface area contributed by atoms with Gasteiger partial charge in [0.2, 0.25) is 0 Å². The van der Waals surface area contributed by atoms with E-state index in [0.29, 0.717) is 22.7 Å². The second-order valence-electron chi connectivity index (χ2n) is 4.47. The van der Waals surface area contributed by atoms with Gasteiger partial charge in [0.1, 0.15) is 5.75 Å². The summed E-state index contributed by atoms with van der Waals surface area (Å²) in [5, 5.41) is 3.01. The van der Waals surface area contributed by atoms with E-state index in [1.807, 2.05) is 0 Å². The molecule has 0 heterocycles. The number of hydrogen-bond acceptors (Lipinski definition) is 3. The van der Waals surface area contributed by atoms with Crippen molar-refractivity contribution < 1.29 is 17.9 Å². The van der Waals surface area contributed by atoms with Gasteiger partial charge < -0.3 is 15.8 Å². The van der Waals surface area contributed by atoms with Gasteiger partial charge in [0.15, 0.2) is 0 Å². The summed E-state index contributed by atoms with van der Waals surface area (Å²) in [7, 11) is 1.50. The van der Waals surface area contributed by atoms with E-state index in [0.717, 1.165) is 12.1 Å². The Labute approximate surface area is 120 Å². The van der Waals surface area contributed by atoms with Crippen LogP contribution in [0.5, 0.6) is 5.75 Å². The zero-order valence-corrected chi connectivity index (χ0v) is 11.4. The van der Waals surface area contributed by atoms with Crippen LogP contribution in [0.25, 0.3) is 0 Å². The van der Waals surface area contributed by atoms with Crippen LogP contribution in [0, 0.1) is 0 Å². The van der Waals surface area contributed by atoms with Crippen molar-refractivity contribution in [3.05, 3.63) is 53.6 Å². The minimum Gasteiger partial charge on any atom is -0.495 e. The standard InChI is InChI=1S/C15H15F3N2O/c1-21-13-7-3-6-12(14(13)19)20-9-10-4-2-5-11(8-10)15(16,17)18/h2-8,20H,9,19H2,1H3. The number of nitrogen functional groups attached to an aromatic ring is 1. The average Bonchev–Trinajstić information content (AvgIpc) is 2.45. The SMILES string of the molecule is COc1cccc(NCc2cccc(C(F)(F)F)c2)c1N. The molecule has 0 saturated heterocycles. The van der Waals surface area contributed by atoms with Gasteiger partial charge >= 0.3 is 6.18 Å². The number of rotatable bonds is 4. The summed E-state index contributed by atoms with van der Waals surface area (Å²) in [5.74, 6) is 0.518. The third-order valence-electron chi connectivity index (χ3n) is 3.02. The summed E-state index contributed by atoms with van der Waals surface area (Å²) < 4.78 is 43.0.